The second-order valence-corrected chi connectivity index (χ2v) is 3.47. The van der Waals surface area contributed by atoms with Crippen molar-refractivity contribution >= 4 is 17.3 Å². The molecule has 1 rings (SSSR count). The predicted octanol–water partition coefficient (Wildman–Crippen LogP) is 2.00. The van der Waals surface area contributed by atoms with E-state index in [1.54, 1.807) is 18.2 Å². The summed E-state index contributed by atoms with van der Waals surface area (Å²) in [5.41, 5.74) is 1.18. The van der Waals surface area contributed by atoms with Crippen LogP contribution in [0, 0.1) is 11.3 Å². The first-order valence-corrected chi connectivity index (χ1v) is 4.62. The zero-order chi connectivity index (χ0) is 10.6. The molecule has 1 aromatic rings. The topological polar surface area (TPSA) is 56.0 Å². The van der Waals surface area contributed by atoms with Crippen LogP contribution in [0.1, 0.15) is 12.5 Å². The summed E-state index contributed by atoms with van der Waals surface area (Å²) in [7, 11) is 0. The number of hydrogen-bond acceptors (Lipinski definition) is 3. The van der Waals surface area contributed by atoms with Crippen LogP contribution in [-0.4, -0.2) is 17.8 Å². The SMILES string of the molecule is CC(CO)Nc1ccc(Cl)cc1C#N. The molecule has 4 heteroatoms. The Hall–Kier alpha value is -1.24. The van der Waals surface area contributed by atoms with Gasteiger partial charge in [0.05, 0.1) is 17.9 Å². The fourth-order valence-electron chi connectivity index (χ4n) is 1.05. The predicted molar refractivity (Wildman–Crippen MR) is 56.3 cm³/mol. The Morgan fingerprint density at radius 2 is 2.36 bits per heavy atom. The van der Waals surface area contributed by atoms with Crippen LogP contribution < -0.4 is 5.32 Å². The van der Waals surface area contributed by atoms with Gasteiger partial charge in [-0.1, -0.05) is 11.6 Å². The summed E-state index contributed by atoms with van der Waals surface area (Å²) in [5, 5.41) is 21.2. The van der Waals surface area contributed by atoms with Crippen LogP contribution in [-0.2, 0) is 0 Å². The van der Waals surface area contributed by atoms with Gasteiger partial charge < -0.3 is 10.4 Å². The highest BCUT2D eigenvalue weighted by Crippen LogP contribution is 2.20. The van der Waals surface area contributed by atoms with Gasteiger partial charge in [0.2, 0.25) is 0 Å². The molecule has 0 fully saturated rings. The number of rotatable bonds is 3. The molecule has 0 saturated carbocycles. The van der Waals surface area contributed by atoms with Gasteiger partial charge in [0, 0.05) is 11.1 Å². The third-order valence-corrected chi connectivity index (χ3v) is 2.01. The number of anilines is 1. The molecule has 0 aliphatic carbocycles. The van der Waals surface area contributed by atoms with E-state index >= 15 is 0 Å². The van der Waals surface area contributed by atoms with Crippen molar-refractivity contribution in [2.45, 2.75) is 13.0 Å². The van der Waals surface area contributed by atoms with E-state index in [9.17, 15) is 0 Å². The van der Waals surface area contributed by atoms with Crippen molar-refractivity contribution in [2.24, 2.45) is 0 Å². The third-order valence-electron chi connectivity index (χ3n) is 1.78. The van der Waals surface area contributed by atoms with Gasteiger partial charge in [-0.15, -0.1) is 0 Å². The van der Waals surface area contributed by atoms with Crippen molar-refractivity contribution in [3.05, 3.63) is 28.8 Å². The number of nitriles is 1. The molecular formula is C10H11ClN2O. The highest BCUT2D eigenvalue weighted by atomic mass is 35.5. The molecule has 1 aromatic carbocycles. The Morgan fingerprint density at radius 1 is 1.64 bits per heavy atom. The van der Waals surface area contributed by atoms with Crippen molar-refractivity contribution in [1.82, 2.24) is 0 Å². The van der Waals surface area contributed by atoms with E-state index in [0.29, 0.717) is 16.3 Å². The molecule has 3 nitrogen and oxygen atoms in total. The monoisotopic (exact) mass is 210 g/mol. The lowest BCUT2D eigenvalue weighted by atomic mass is 10.2. The Kier molecular flexibility index (Phi) is 3.75. The minimum atomic E-state index is -0.0803. The van der Waals surface area contributed by atoms with Gasteiger partial charge in [0.25, 0.3) is 0 Å². The molecule has 0 saturated heterocycles. The van der Waals surface area contributed by atoms with E-state index in [-0.39, 0.29) is 12.6 Å². The minimum absolute atomic E-state index is 0.0213. The molecule has 0 heterocycles. The molecule has 1 atom stereocenters. The Labute approximate surface area is 87.9 Å². The molecule has 0 bridgehead atoms. The van der Waals surface area contributed by atoms with Crippen molar-refractivity contribution in [3.8, 4) is 6.07 Å². The number of nitrogens with zero attached hydrogens (tertiary/aromatic N) is 1. The smallest absolute Gasteiger partial charge is 0.101 e. The molecule has 14 heavy (non-hydrogen) atoms. The standard InChI is InChI=1S/C10H11ClN2O/c1-7(6-14)13-10-3-2-9(11)4-8(10)5-12/h2-4,7,13-14H,6H2,1H3. The van der Waals surface area contributed by atoms with E-state index in [2.05, 4.69) is 5.32 Å². The molecular weight excluding hydrogens is 200 g/mol. The molecule has 2 N–H and O–H groups in total. The maximum absolute atomic E-state index is 8.84. The summed E-state index contributed by atoms with van der Waals surface area (Å²) in [6.07, 6.45) is 0. The summed E-state index contributed by atoms with van der Waals surface area (Å²) in [6.45, 7) is 1.85. The number of benzene rings is 1. The average molecular weight is 211 g/mol. The second-order valence-electron chi connectivity index (χ2n) is 3.03. The van der Waals surface area contributed by atoms with E-state index in [1.807, 2.05) is 13.0 Å². The third kappa shape index (κ3) is 2.63. The quantitative estimate of drug-likeness (QED) is 0.803. The lowest BCUT2D eigenvalue weighted by Gasteiger charge is -2.13. The van der Waals surface area contributed by atoms with Gasteiger partial charge in [-0.3, -0.25) is 0 Å². The summed E-state index contributed by atoms with van der Waals surface area (Å²) in [5.74, 6) is 0. The fourth-order valence-corrected chi connectivity index (χ4v) is 1.22. The summed E-state index contributed by atoms with van der Waals surface area (Å²) >= 11 is 5.74. The molecule has 1 unspecified atom stereocenters. The van der Waals surface area contributed by atoms with E-state index in [4.69, 9.17) is 22.0 Å². The molecule has 0 aliphatic rings. The van der Waals surface area contributed by atoms with Crippen molar-refractivity contribution < 1.29 is 5.11 Å². The highest BCUT2D eigenvalue weighted by Gasteiger charge is 2.05. The number of aliphatic hydroxyl groups is 1. The highest BCUT2D eigenvalue weighted by molar-refractivity contribution is 6.30. The lowest BCUT2D eigenvalue weighted by molar-refractivity contribution is 0.281. The number of halogens is 1. The first kappa shape index (κ1) is 10.8. The van der Waals surface area contributed by atoms with Crippen LogP contribution in [0.2, 0.25) is 5.02 Å². The van der Waals surface area contributed by atoms with Crippen LogP contribution in [0.4, 0.5) is 5.69 Å². The van der Waals surface area contributed by atoms with Crippen LogP contribution in [0.25, 0.3) is 0 Å². The zero-order valence-electron chi connectivity index (χ0n) is 7.79. The minimum Gasteiger partial charge on any atom is -0.394 e. The average Bonchev–Trinajstić information content (AvgIpc) is 2.20. The van der Waals surface area contributed by atoms with Gasteiger partial charge in [-0.05, 0) is 25.1 Å². The molecule has 0 aromatic heterocycles. The van der Waals surface area contributed by atoms with Gasteiger partial charge in [0.1, 0.15) is 6.07 Å². The molecule has 74 valence electrons. The zero-order valence-corrected chi connectivity index (χ0v) is 8.54. The van der Waals surface area contributed by atoms with Crippen molar-refractivity contribution in [3.63, 3.8) is 0 Å². The first-order chi connectivity index (χ1) is 6.67. The van der Waals surface area contributed by atoms with Crippen molar-refractivity contribution in [1.29, 1.82) is 5.26 Å². The maximum Gasteiger partial charge on any atom is 0.101 e. The molecule has 0 spiro atoms. The maximum atomic E-state index is 8.84. The molecule has 0 radical (unpaired) electrons. The summed E-state index contributed by atoms with van der Waals surface area (Å²) in [6, 6.07) is 6.98. The summed E-state index contributed by atoms with van der Waals surface area (Å²) < 4.78 is 0. The van der Waals surface area contributed by atoms with Crippen molar-refractivity contribution in [2.75, 3.05) is 11.9 Å². The van der Waals surface area contributed by atoms with Gasteiger partial charge in [-0.2, -0.15) is 5.26 Å². The van der Waals surface area contributed by atoms with Gasteiger partial charge >= 0.3 is 0 Å². The number of aliphatic hydroxyl groups excluding tert-OH is 1. The fraction of sp³-hybridized carbons (Fsp3) is 0.300. The second kappa shape index (κ2) is 4.85. The summed E-state index contributed by atoms with van der Waals surface area (Å²) in [4.78, 5) is 0. The Balaban J connectivity index is 2.92. The molecule has 0 amide bonds. The largest absolute Gasteiger partial charge is 0.394 e. The molecule has 0 aliphatic heterocycles. The van der Waals surface area contributed by atoms with Crippen LogP contribution >= 0.6 is 11.6 Å². The number of nitrogens with one attached hydrogen (secondary N) is 1. The van der Waals surface area contributed by atoms with Crippen LogP contribution in [0.5, 0.6) is 0 Å². The van der Waals surface area contributed by atoms with E-state index in [1.165, 1.54) is 0 Å². The van der Waals surface area contributed by atoms with Gasteiger partial charge in [-0.25, -0.2) is 0 Å². The van der Waals surface area contributed by atoms with E-state index in [0.717, 1.165) is 0 Å². The number of hydrogen-bond donors (Lipinski definition) is 2. The van der Waals surface area contributed by atoms with Crippen LogP contribution in [0.15, 0.2) is 18.2 Å². The first-order valence-electron chi connectivity index (χ1n) is 4.24. The van der Waals surface area contributed by atoms with Crippen LogP contribution in [0.3, 0.4) is 0 Å². The normalized spacial score (nSPS) is 11.9. The lowest BCUT2D eigenvalue weighted by Crippen LogP contribution is -2.19. The Morgan fingerprint density at radius 3 is 2.93 bits per heavy atom. The van der Waals surface area contributed by atoms with Gasteiger partial charge in [0.15, 0.2) is 0 Å². The van der Waals surface area contributed by atoms with E-state index < -0.39 is 0 Å². The Bertz CT molecular complexity index is 360.